The molecule has 0 unspecified atom stereocenters. The van der Waals surface area contributed by atoms with Crippen LogP contribution in [0, 0.1) is 11.6 Å². The van der Waals surface area contributed by atoms with E-state index in [0.29, 0.717) is 23.4 Å². The molecule has 118 valence electrons. The molecule has 1 saturated carbocycles. The molecule has 1 aliphatic heterocycles. The van der Waals surface area contributed by atoms with Gasteiger partial charge in [0.1, 0.15) is 5.84 Å². The average Bonchev–Trinajstić information content (AvgIpc) is 3.23. The number of nitrogens with zero attached hydrogens (tertiary/aromatic N) is 1. The van der Waals surface area contributed by atoms with E-state index in [9.17, 15) is 17.2 Å². The lowest BCUT2D eigenvalue weighted by atomic mass is 10.1. The Bertz CT molecular complexity index is 941. The number of hydrogen-bond acceptors (Lipinski definition) is 3. The highest BCUT2D eigenvalue weighted by molar-refractivity contribution is 7.90. The molecule has 2 aromatic rings. The van der Waals surface area contributed by atoms with Crippen LogP contribution in [-0.2, 0) is 10.0 Å². The van der Waals surface area contributed by atoms with E-state index in [-0.39, 0.29) is 16.9 Å². The smallest absolute Gasteiger partial charge is 0.263 e. The summed E-state index contributed by atoms with van der Waals surface area (Å²) in [6.07, 6.45) is 0.679. The van der Waals surface area contributed by atoms with Crippen molar-refractivity contribution in [2.24, 2.45) is 4.99 Å². The molecule has 7 heteroatoms. The molecule has 2 aromatic carbocycles. The predicted molar refractivity (Wildman–Crippen MR) is 80.8 cm³/mol. The third-order valence-electron chi connectivity index (χ3n) is 4.09. The summed E-state index contributed by atoms with van der Waals surface area (Å²) in [5, 5.41) is 0. The highest BCUT2D eigenvalue weighted by Gasteiger charge is 2.41. The minimum absolute atomic E-state index is 0.0186. The van der Waals surface area contributed by atoms with Crippen molar-refractivity contribution in [2.45, 2.75) is 23.3 Å². The first-order valence-corrected chi connectivity index (χ1v) is 8.59. The van der Waals surface area contributed by atoms with Crippen LogP contribution in [0.2, 0.25) is 0 Å². The Balaban J connectivity index is 1.63. The van der Waals surface area contributed by atoms with Gasteiger partial charge in [-0.3, -0.25) is 9.71 Å². The minimum atomic E-state index is -3.56. The maximum absolute atomic E-state index is 13.3. The van der Waals surface area contributed by atoms with E-state index >= 15 is 0 Å². The topological polar surface area (TPSA) is 58.5 Å². The molecule has 23 heavy (non-hydrogen) atoms. The Morgan fingerprint density at radius 3 is 2.65 bits per heavy atom. The summed E-state index contributed by atoms with van der Waals surface area (Å²) in [7, 11) is -3.56. The first kappa shape index (κ1) is 14.3. The molecule has 0 bridgehead atoms. The second-order valence-corrected chi connectivity index (χ2v) is 7.31. The molecule has 0 aromatic heterocycles. The van der Waals surface area contributed by atoms with Crippen molar-refractivity contribution in [1.29, 1.82) is 0 Å². The van der Waals surface area contributed by atoms with Gasteiger partial charge in [-0.05, 0) is 36.2 Å². The normalized spacial score (nSPS) is 25.9. The maximum Gasteiger partial charge on any atom is 0.263 e. The molecule has 4 rings (SSSR count). The number of sulfonamides is 1. The third-order valence-corrected chi connectivity index (χ3v) is 5.48. The monoisotopic (exact) mass is 334 g/mol. The Labute approximate surface area is 131 Å². The molecule has 2 aliphatic rings. The fourth-order valence-corrected chi connectivity index (χ4v) is 4.06. The van der Waals surface area contributed by atoms with Crippen molar-refractivity contribution >= 4 is 15.9 Å². The van der Waals surface area contributed by atoms with Gasteiger partial charge in [0.2, 0.25) is 0 Å². The summed E-state index contributed by atoms with van der Waals surface area (Å²) in [6, 6.07) is 10.3. The van der Waals surface area contributed by atoms with Gasteiger partial charge < -0.3 is 0 Å². The van der Waals surface area contributed by atoms with Crippen molar-refractivity contribution < 1.29 is 17.2 Å². The molecule has 0 spiro atoms. The largest absolute Gasteiger partial charge is 0.263 e. The molecular formula is C16H12F2N2O2S. The van der Waals surface area contributed by atoms with Crippen molar-refractivity contribution in [1.82, 2.24) is 4.72 Å². The summed E-state index contributed by atoms with van der Waals surface area (Å²) < 4.78 is 52.8. The summed E-state index contributed by atoms with van der Waals surface area (Å²) in [5.41, 5.74) is 1.22. The molecule has 0 radical (unpaired) electrons. The number of rotatable bonds is 2. The third kappa shape index (κ3) is 2.41. The van der Waals surface area contributed by atoms with E-state index in [1.165, 1.54) is 18.2 Å². The molecule has 1 N–H and O–H groups in total. The molecule has 1 fully saturated rings. The quantitative estimate of drug-likeness (QED) is 0.918. The Morgan fingerprint density at radius 2 is 1.87 bits per heavy atom. The predicted octanol–water partition coefficient (Wildman–Crippen LogP) is 2.56. The van der Waals surface area contributed by atoms with Gasteiger partial charge in [0.05, 0.1) is 10.9 Å². The number of fused-ring (bicyclic) bond motifs is 1. The van der Waals surface area contributed by atoms with E-state index in [4.69, 9.17) is 0 Å². The van der Waals surface area contributed by atoms with Crippen LogP contribution >= 0.6 is 0 Å². The van der Waals surface area contributed by atoms with Gasteiger partial charge in [0.15, 0.2) is 11.6 Å². The van der Waals surface area contributed by atoms with E-state index in [1.54, 1.807) is 18.2 Å². The van der Waals surface area contributed by atoms with Gasteiger partial charge in [-0.15, -0.1) is 0 Å². The van der Waals surface area contributed by atoms with Crippen LogP contribution in [0.3, 0.4) is 0 Å². The summed E-state index contributed by atoms with van der Waals surface area (Å²) in [6.45, 7) is 0. The van der Waals surface area contributed by atoms with E-state index in [0.717, 1.165) is 6.07 Å². The Morgan fingerprint density at radius 1 is 1.09 bits per heavy atom. The van der Waals surface area contributed by atoms with Gasteiger partial charge in [-0.2, -0.15) is 0 Å². The molecule has 0 amide bonds. The fourth-order valence-electron chi connectivity index (χ4n) is 2.82. The second-order valence-electron chi connectivity index (χ2n) is 5.66. The Hall–Kier alpha value is -2.28. The molecular weight excluding hydrogens is 322 g/mol. The van der Waals surface area contributed by atoms with Crippen LogP contribution in [0.4, 0.5) is 8.78 Å². The standard InChI is InChI=1S/C16H12F2N2O2S/c17-12-6-5-9(7-13(12)18)11-8-14(11)19-16-10-3-1-2-4-15(10)23(21,22)20-16/h1-7,11,14H,8H2,(H,19,20)/t11-,14+/m1/s1. The van der Waals surface area contributed by atoms with Gasteiger partial charge in [0, 0.05) is 11.5 Å². The average molecular weight is 334 g/mol. The molecule has 0 saturated heterocycles. The number of halogens is 2. The van der Waals surface area contributed by atoms with Crippen molar-refractivity contribution in [2.75, 3.05) is 0 Å². The lowest BCUT2D eigenvalue weighted by Crippen LogP contribution is -2.22. The number of aliphatic imine (C=N–C) groups is 1. The first-order valence-electron chi connectivity index (χ1n) is 7.11. The van der Waals surface area contributed by atoms with Crippen LogP contribution in [-0.4, -0.2) is 20.3 Å². The highest BCUT2D eigenvalue weighted by Crippen LogP contribution is 2.44. The first-order chi connectivity index (χ1) is 11.0. The molecule has 2 atom stereocenters. The summed E-state index contributed by atoms with van der Waals surface area (Å²) in [4.78, 5) is 4.66. The maximum atomic E-state index is 13.3. The van der Waals surface area contributed by atoms with Gasteiger partial charge in [0.25, 0.3) is 10.0 Å². The van der Waals surface area contributed by atoms with Crippen molar-refractivity contribution in [3.05, 3.63) is 65.2 Å². The van der Waals surface area contributed by atoms with Gasteiger partial charge in [-0.1, -0.05) is 18.2 Å². The SMILES string of the molecule is O=S1(=O)NC(=N[C@H]2C[C@@H]2c2ccc(F)c(F)c2)c2ccccc21. The number of amidine groups is 1. The fraction of sp³-hybridized carbons (Fsp3) is 0.188. The van der Waals surface area contributed by atoms with Crippen molar-refractivity contribution in [3.63, 3.8) is 0 Å². The van der Waals surface area contributed by atoms with Crippen LogP contribution in [0.1, 0.15) is 23.5 Å². The minimum Gasteiger partial charge on any atom is -0.263 e. The van der Waals surface area contributed by atoms with Crippen LogP contribution in [0.15, 0.2) is 52.4 Å². The van der Waals surface area contributed by atoms with Crippen LogP contribution < -0.4 is 4.72 Å². The number of hydrogen-bond donors (Lipinski definition) is 1. The number of nitrogens with one attached hydrogen (secondary N) is 1. The van der Waals surface area contributed by atoms with Crippen LogP contribution in [0.25, 0.3) is 0 Å². The van der Waals surface area contributed by atoms with Gasteiger partial charge in [-0.25, -0.2) is 17.2 Å². The molecule has 4 nitrogen and oxygen atoms in total. The highest BCUT2D eigenvalue weighted by atomic mass is 32.2. The zero-order chi connectivity index (χ0) is 16.2. The van der Waals surface area contributed by atoms with E-state index in [1.807, 2.05) is 0 Å². The van der Waals surface area contributed by atoms with Gasteiger partial charge >= 0.3 is 0 Å². The Kier molecular flexibility index (Phi) is 3.02. The lowest BCUT2D eigenvalue weighted by Gasteiger charge is -2.01. The summed E-state index contributed by atoms with van der Waals surface area (Å²) >= 11 is 0. The van der Waals surface area contributed by atoms with E-state index in [2.05, 4.69) is 9.71 Å². The van der Waals surface area contributed by atoms with E-state index < -0.39 is 21.7 Å². The molecule has 1 aliphatic carbocycles. The molecule has 1 heterocycles. The zero-order valence-corrected chi connectivity index (χ0v) is 12.6. The zero-order valence-electron chi connectivity index (χ0n) is 11.8. The lowest BCUT2D eigenvalue weighted by molar-refractivity contribution is 0.507. The summed E-state index contributed by atoms with van der Waals surface area (Å²) in [5.74, 6) is -1.46. The second kappa shape index (κ2) is 4.86. The van der Waals surface area contributed by atoms with Crippen LogP contribution in [0.5, 0.6) is 0 Å². The van der Waals surface area contributed by atoms with Crippen molar-refractivity contribution in [3.8, 4) is 0 Å². The number of benzene rings is 2.